The van der Waals surface area contributed by atoms with E-state index in [0.717, 1.165) is 0 Å². The largest absolute Gasteiger partial charge is 0.470 e. The molecule has 0 unspecified atom stereocenters. The predicted molar refractivity (Wildman–Crippen MR) is 59.1 cm³/mol. The Kier molecular flexibility index (Phi) is 7.20. The summed E-state index contributed by atoms with van der Waals surface area (Å²) in [4.78, 5) is 44.3. The third-order valence-corrected chi connectivity index (χ3v) is 2.88. The molecule has 0 rings (SSSR count). The number of ketones is 1. The molecule has 0 aromatic rings. The molecule has 0 amide bonds. The second-order valence-corrected chi connectivity index (χ2v) is 6.14. The van der Waals surface area contributed by atoms with E-state index in [1.807, 2.05) is 0 Å². The molecule has 0 saturated carbocycles. The van der Waals surface area contributed by atoms with Gasteiger partial charge in [-0.1, -0.05) is 0 Å². The maximum Gasteiger partial charge on any atom is 0.470 e. The number of phosphoric acid groups is 2. The molecule has 0 aliphatic heterocycles. The average Bonchev–Trinajstić information content (AvgIpc) is 2.29. The number of carbonyl (C=O) groups excluding carboxylic acids is 1. The number of phosphoric ester groups is 2. The van der Waals surface area contributed by atoms with Crippen LogP contribution in [-0.2, 0) is 23.0 Å². The molecule has 0 spiro atoms. The Morgan fingerprint density at radius 3 is 1.90 bits per heavy atom. The van der Waals surface area contributed by atoms with Crippen LogP contribution in [0.25, 0.3) is 0 Å². The summed E-state index contributed by atoms with van der Waals surface area (Å²) in [5.74, 6) is -5.86. The first-order chi connectivity index (χ1) is 9.17. The molecule has 0 bridgehead atoms. The smallest absolute Gasteiger partial charge is 0.385 e. The third kappa shape index (κ3) is 8.04. The highest BCUT2D eigenvalue weighted by molar-refractivity contribution is 7.46. The maximum atomic E-state index is 13.6. The number of halogens is 1. The van der Waals surface area contributed by atoms with E-state index in [1.54, 1.807) is 0 Å². The van der Waals surface area contributed by atoms with Crippen molar-refractivity contribution in [1.29, 1.82) is 0 Å². The van der Waals surface area contributed by atoms with E-state index in [2.05, 4.69) is 9.05 Å². The molecule has 0 aliphatic carbocycles. The summed E-state index contributed by atoms with van der Waals surface area (Å²) in [6.07, 6.45) is -5.77. The second kappa shape index (κ2) is 7.31. The maximum absolute atomic E-state index is 13.6. The third-order valence-electron chi connectivity index (χ3n) is 1.93. The zero-order valence-corrected chi connectivity index (χ0v) is 11.8. The zero-order chi connectivity index (χ0) is 17.1. The summed E-state index contributed by atoms with van der Waals surface area (Å²) in [6, 6.07) is 0. The monoisotopic (exact) mass is 358 g/mol. The quantitative estimate of drug-likeness (QED) is 0.208. The van der Waals surface area contributed by atoms with Crippen LogP contribution in [0.2, 0.25) is 0 Å². The molecule has 7 N–H and O–H groups in total. The van der Waals surface area contributed by atoms with E-state index in [4.69, 9.17) is 34.9 Å². The number of aliphatic hydroxyl groups is 3. The topological polar surface area (TPSA) is 211 Å². The Bertz CT molecular complexity index is 453. The Morgan fingerprint density at radius 1 is 1.10 bits per heavy atom. The molecule has 0 aliphatic rings. The first kappa shape index (κ1) is 20.7. The van der Waals surface area contributed by atoms with Crippen molar-refractivity contribution >= 4 is 21.4 Å². The molecule has 126 valence electrons. The van der Waals surface area contributed by atoms with Crippen molar-refractivity contribution in [1.82, 2.24) is 0 Å². The van der Waals surface area contributed by atoms with Crippen LogP contribution in [0.3, 0.4) is 0 Å². The lowest BCUT2D eigenvalue weighted by Crippen LogP contribution is -2.54. The SMILES string of the molecule is O=C(COP(=O)(O)O)[C@@H](O)[C@@](O)(F)[C@H](O)COP(=O)(O)O. The van der Waals surface area contributed by atoms with Gasteiger partial charge in [0, 0.05) is 0 Å². The van der Waals surface area contributed by atoms with Crippen LogP contribution < -0.4 is 0 Å². The molecular formula is C6H13FO12P2. The van der Waals surface area contributed by atoms with E-state index in [1.165, 1.54) is 0 Å². The van der Waals surface area contributed by atoms with Gasteiger partial charge in [0.1, 0.15) is 12.7 Å². The predicted octanol–water partition coefficient (Wildman–Crippen LogP) is -2.85. The summed E-state index contributed by atoms with van der Waals surface area (Å²) in [7, 11) is -10.2. The minimum Gasteiger partial charge on any atom is -0.385 e. The normalized spacial score (nSPS) is 18.9. The van der Waals surface area contributed by atoms with Crippen molar-refractivity contribution < 1.29 is 62.3 Å². The molecule has 0 fully saturated rings. The lowest BCUT2D eigenvalue weighted by atomic mass is 10.0. The van der Waals surface area contributed by atoms with Crippen LogP contribution in [-0.4, -0.2) is 72.0 Å². The van der Waals surface area contributed by atoms with E-state index in [-0.39, 0.29) is 0 Å². The summed E-state index contributed by atoms with van der Waals surface area (Å²) in [6.45, 7) is -2.98. The molecule has 21 heavy (non-hydrogen) atoms. The van der Waals surface area contributed by atoms with Crippen LogP contribution in [0.15, 0.2) is 0 Å². The number of aliphatic hydroxyl groups excluding tert-OH is 2. The van der Waals surface area contributed by atoms with Gasteiger partial charge in [0.05, 0.1) is 6.61 Å². The molecule has 0 aromatic heterocycles. The highest BCUT2D eigenvalue weighted by Crippen LogP contribution is 2.37. The summed E-state index contributed by atoms with van der Waals surface area (Å²) in [5.41, 5.74) is 0. The van der Waals surface area contributed by atoms with Crippen LogP contribution in [0.5, 0.6) is 0 Å². The van der Waals surface area contributed by atoms with Gasteiger partial charge in [-0.3, -0.25) is 13.8 Å². The standard InChI is InChI=1S/C6H13FO12P2/c7-6(11,4(9)2-19-21(15,16)17)5(10)3(8)1-18-20(12,13)14/h4-5,9-11H,1-2H2,(H2,12,13,14)(H2,15,16,17)/t4-,5-,6-/m1/s1. The van der Waals surface area contributed by atoms with E-state index >= 15 is 0 Å². The van der Waals surface area contributed by atoms with Gasteiger partial charge in [0.2, 0.25) is 0 Å². The molecule has 0 radical (unpaired) electrons. The molecular weight excluding hydrogens is 345 g/mol. The highest BCUT2D eigenvalue weighted by atomic mass is 31.2. The van der Waals surface area contributed by atoms with E-state index < -0.39 is 52.7 Å². The number of carbonyl (C=O) groups is 1. The second-order valence-electron chi connectivity index (χ2n) is 3.66. The van der Waals surface area contributed by atoms with Crippen molar-refractivity contribution in [3.05, 3.63) is 0 Å². The fourth-order valence-corrected chi connectivity index (χ4v) is 1.55. The van der Waals surface area contributed by atoms with Gasteiger partial charge in [0.25, 0.3) is 5.85 Å². The van der Waals surface area contributed by atoms with Gasteiger partial charge in [0.15, 0.2) is 11.9 Å². The minimum atomic E-state index is -5.11. The van der Waals surface area contributed by atoms with Gasteiger partial charge in [-0.2, -0.15) is 0 Å². The van der Waals surface area contributed by atoms with Crippen molar-refractivity contribution in [3.63, 3.8) is 0 Å². The Morgan fingerprint density at radius 2 is 1.52 bits per heavy atom. The summed E-state index contributed by atoms with van der Waals surface area (Å²) in [5, 5.41) is 27.3. The molecule has 15 heteroatoms. The highest BCUT2D eigenvalue weighted by Gasteiger charge is 2.48. The lowest BCUT2D eigenvalue weighted by Gasteiger charge is -2.28. The van der Waals surface area contributed by atoms with Crippen LogP contribution in [0, 0.1) is 0 Å². The molecule has 0 heterocycles. The molecule has 3 atom stereocenters. The van der Waals surface area contributed by atoms with Gasteiger partial charge in [-0.05, 0) is 0 Å². The van der Waals surface area contributed by atoms with Crippen molar-refractivity contribution in [2.45, 2.75) is 18.1 Å². The Labute approximate surface area is 116 Å². The summed E-state index contributed by atoms with van der Waals surface area (Å²) < 4.78 is 41.5. The number of hydrogen-bond acceptors (Lipinski definition) is 8. The van der Waals surface area contributed by atoms with Gasteiger partial charge in [-0.25, -0.2) is 13.5 Å². The first-order valence-electron chi connectivity index (χ1n) is 4.87. The average molecular weight is 358 g/mol. The van der Waals surface area contributed by atoms with Crippen molar-refractivity contribution in [2.75, 3.05) is 13.2 Å². The van der Waals surface area contributed by atoms with Crippen LogP contribution in [0.4, 0.5) is 4.39 Å². The van der Waals surface area contributed by atoms with E-state index in [0.29, 0.717) is 0 Å². The zero-order valence-electron chi connectivity index (χ0n) is 10.0. The van der Waals surface area contributed by atoms with Gasteiger partial charge >= 0.3 is 15.6 Å². The van der Waals surface area contributed by atoms with E-state index in [9.17, 15) is 18.3 Å². The lowest BCUT2D eigenvalue weighted by molar-refractivity contribution is -0.230. The number of alkyl halides is 1. The Balaban J connectivity index is 4.69. The van der Waals surface area contributed by atoms with Gasteiger partial charge in [-0.15, -0.1) is 0 Å². The summed E-state index contributed by atoms with van der Waals surface area (Å²) >= 11 is 0. The fraction of sp³-hybridized carbons (Fsp3) is 0.833. The first-order valence-corrected chi connectivity index (χ1v) is 7.93. The van der Waals surface area contributed by atoms with Crippen LogP contribution in [0.1, 0.15) is 0 Å². The minimum absolute atomic E-state index is 1.49. The Hall–Kier alpha value is -0.300. The molecule has 0 aromatic carbocycles. The number of hydrogen-bond donors (Lipinski definition) is 7. The molecule has 0 saturated heterocycles. The number of rotatable bonds is 9. The van der Waals surface area contributed by atoms with Crippen molar-refractivity contribution in [3.8, 4) is 0 Å². The van der Waals surface area contributed by atoms with Crippen molar-refractivity contribution in [2.24, 2.45) is 0 Å². The number of Topliss-reactive ketones (excluding diaryl/α,β-unsaturated/α-hetero) is 1. The van der Waals surface area contributed by atoms with Crippen LogP contribution >= 0.6 is 15.6 Å². The van der Waals surface area contributed by atoms with Gasteiger partial charge < -0.3 is 34.9 Å². The fourth-order valence-electron chi connectivity index (χ4n) is 0.919. The molecule has 12 nitrogen and oxygen atoms in total.